The Bertz CT molecular complexity index is 208. The molecule has 0 saturated carbocycles. The van der Waals surface area contributed by atoms with Crippen LogP contribution >= 0.6 is 15.9 Å². The lowest BCUT2D eigenvalue weighted by Gasteiger charge is -2.01. The van der Waals surface area contributed by atoms with Crippen molar-refractivity contribution in [3.05, 3.63) is 21.8 Å². The molecule has 10 heavy (non-hydrogen) atoms. The van der Waals surface area contributed by atoms with Gasteiger partial charge in [-0.15, -0.1) is 0 Å². The molecule has 0 aromatic carbocycles. The van der Waals surface area contributed by atoms with E-state index in [9.17, 15) is 0 Å². The lowest BCUT2D eigenvalue weighted by Crippen LogP contribution is -1.95. The van der Waals surface area contributed by atoms with Gasteiger partial charge in [0.2, 0.25) is 0 Å². The van der Waals surface area contributed by atoms with E-state index >= 15 is 0 Å². The number of hydrogen-bond donors (Lipinski definition) is 1. The number of hydrogen-bond acceptors (Lipinski definition) is 2. The zero-order chi connectivity index (χ0) is 7.72. The van der Waals surface area contributed by atoms with Gasteiger partial charge in [0, 0.05) is 0 Å². The molecule has 3 heteroatoms. The average Bonchev–Trinajstić information content (AvgIpc) is 1.84. The van der Waals surface area contributed by atoms with Gasteiger partial charge in [0.05, 0.1) is 0 Å². The maximum absolute atomic E-state index is 5.55. The van der Waals surface area contributed by atoms with E-state index in [-0.39, 0.29) is 0 Å². The van der Waals surface area contributed by atoms with Crippen molar-refractivity contribution in [1.29, 1.82) is 0 Å². The lowest BCUT2D eigenvalue weighted by molar-refractivity contribution is 1.19. The number of nitrogens with two attached hydrogens (primary N) is 1. The van der Waals surface area contributed by atoms with Crippen LogP contribution in [0.4, 0.5) is 5.82 Å². The number of pyridine rings is 1. The van der Waals surface area contributed by atoms with Crippen LogP contribution in [0, 0.1) is 13.8 Å². The first kappa shape index (κ1) is 7.54. The highest BCUT2D eigenvalue weighted by molar-refractivity contribution is 9.10. The zero-order valence-corrected chi connectivity index (χ0v) is 7.57. The molecule has 1 aromatic heterocycles. The van der Waals surface area contributed by atoms with Gasteiger partial charge < -0.3 is 5.73 Å². The molecule has 2 N–H and O–H groups in total. The van der Waals surface area contributed by atoms with E-state index in [0.29, 0.717) is 5.82 Å². The Balaban J connectivity index is 3.28. The Morgan fingerprint density at radius 1 is 1.40 bits per heavy atom. The lowest BCUT2D eigenvalue weighted by atomic mass is 10.2. The number of anilines is 1. The van der Waals surface area contributed by atoms with Crippen molar-refractivity contribution in [2.75, 3.05) is 5.73 Å². The van der Waals surface area contributed by atoms with Gasteiger partial charge in [0.15, 0.2) is 0 Å². The number of halogens is 1. The molecular weight excluding hydrogens is 192 g/mol. The number of aryl methyl sites for hydroxylation is 2. The van der Waals surface area contributed by atoms with Crippen LogP contribution in [-0.4, -0.2) is 4.98 Å². The van der Waals surface area contributed by atoms with E-state index in [1.165, 1.54) is 0 Å². The number of nitrogen functional groups attached to an aromatic ring is 1. The Morgan fingerprint density at radius 2 is 2.00 bits per heavy atom. The molecule has 0 aliphatic heterocycles. The highest BCUT2D eigenvalue weighted by Gasteiger charge is 1.99. The molecule has 0 radical (unpaired) electrons. The molecule has 0 spiro atoms. The number of aromatic nitrogens is 1. The molecule has 1 aromatic rings. The monoisotopic (exact) mass is 200 g/mol. The molecule has 0 amide bonds. The maximum atomic E-state index is 5.55. The van der Waals surface area contributed by atoms with Crippen molar-refractivity contribution < 1.29 is 0 Å². The summed E-state index contributed by atoms with van der Waals surface area (Å²) >= 11 is 3.29. The quantitative estimate of drug-likeness (QED) is 0.652. The van der Waals surface area contributed by atoms with Gasteiger partial charge >= 0.3 is 0 Å². The summed E-state index contributed by atoms with van der Waals surface area (Å²) in [5.74, 6) is 0.595. The molecule has 0 aliphatic rings. The van der Waals surface area contributed by atoms with Crippen LogP contribution in [0.1, 0.15) is 11.1 Å². The summed E-state index contributed by atoms with van der Waals surface area (Å²) in [6, 6.07) is 2.01. The first-order valence-electron chi connectivity index (χ1n) is 3.00. The molecule has 0 saturated heterocycles. The van der Waals surface area contributed by atoms with Crippen LogP contribution in [0.5, 0.6) is 0 Å². The van der Waals surface area contributed by atoms with Gasteiger partial charge in [-0.1, -0.05) is 6.07 Å². The van der Waals surface area contributed by atoms with Crippen LogP contribution in [0.25, 0.3) is 0 Å². The summed E-state index contributed by atoms with van der Waals surface area (Å²) in [7, 11) is 0. The molecule has 2 nitrogen and oxygen atoms in total. The molecule has 0 fully saturated rings. The van der Waals surface area contributed by atoms with Crippen molar-refractivity contribution in [1.82, 2.24) is 4.98 Å². The van der Waals surface area contributed by atoms with Crippen molar-refractivity contribution in [3.8, 4) is 0 Å². The predicted octanol–water partition coefficient (Wildman–Crippen LogP) is 2.04. The summed E-state index contributed by atoms with van der Waals surface area (Å²) in [5.41, 5.74) is 7.69. The largest absolute Gasteiger partial charge is 0.383 e. The Kier molecular flexibility index (Phi) is 1.94. The fraction of sp³-hybridized carbons (Fsp3) is 0.286. The third kappa shape index (κ3) is 1.29. The zero-order valence-electron chi connectivity index (χ0n) is 5.98. The Hall–Kier alpha value is -0.570. The summed E-state index contributed by atoms with van der Waals surface area (Å²) in [4.78, 5) is 4.07. The van der Waals surface area contributed by atoms with Crippen LogP contribution in [0.3, 0.4) is 0 Å². The van der Waals surface area contributed by atoms with E-state index < -0.39 is 0 Å². The van der Waals surface area contributed by atoms with Crippen molar-refractivity contribution in [2.24, 2.45) is 0 Å². The van der Waals surface area contributed by atoms with Gasteiger partial charge in [0.1, 0.15) is 10.4 Å². The van der Waals surface area contributed by atoms with Crippen LogP contribution in [0.15, 0.2) is 10.7 Å². The van der Waals surface area contributed by atoms with Crippen molar-refractivity contribution >= 4 is 21.7 Å². The smallest absolute Gasteiger partial charge is 0.127 e. The molecule has 0 atom stereocenters. The highest BCUT2D eigenvalue weighted by atomic mass is 79.9. The molecule has 0 unspecified atom stereocenters. The Morgan fingerprint density at radius 3 is 2.50 bits per heavy atom. The van der Waals surface area contributed by atoms with Gasteiger partial charge in [-0.05, 0) is 40.9 Å². The summed E-state index contributed by atoms with van der Waals surface area (Å²) in [6.45, 7) is 3.94. The average molecular weight is 201 g/mol. The van der Waals surface area contributed by atoms with Crippen LogP contribution in [-0.2, 0) is 0 Å². The SMILES string of the molecule is Cc1cc(C)c(Br)nc1N. The van der Waals surface area contributed by atoms with E-state index in [1.54, 1.807) is 0 Å². The molecule has 0 aliphatic carbocycles. The molecular formula is C7H9BrN2. The van der Waals surface area contributed by atoms with Crippen molar-refractivity contribution in [3.63, 3.8) is 0 Å². The first-order valence-corrected chi connectivity index (χ1v) is 3.80. The summed E-state index contributed by atoms with van der Waals surface area (Å²) < 4.78 is 0.829. The summed E-state index contributed by atoms with van der Waals surface area (Å²) in [6.07, 6.45) is 0. The second-order valence-electron chi connectivity index (χ2n) is 2.30. The minimum atomic E-state index is 0.595. The van der Waals surface area contributed by atoms with Gasteiger partial charge in [-0.3, -0.25) is 0 Å². The molecule has 1 rings (SSSR count). The van der Waals surface area contributed by atoms with Crippen molar-refractivity contribution in [2.45, 2.75) is 13.8 Å². The van der Waals surface area contributed by atoms with Gasteiger partial charge in [-0.2, -0.15) is 0 Å². The molecule has 1 heterocycles. The fourth-order valence-corrected chi connectivity index (χ4v) is 1.05. The standard InChI is InChI=1S/C7H9BrN2/c1-4-3-5(2)7(9)10-6(4)8/h3H,1-2H3,(H2,9,10). The minimum Gasteiger partial charge on any atom is -0.383 e. The summed E-state index contributed by atoms with van der Waals surface area (Å²) in [5, 5.41) is 0. The third-order valence-electron chi connectivity index (χ3n) is 1.38. The van der Waals surface area contributed by atoms with E-state index in [1.807, 2.05) is 19.9 Å². The van der Waals surface area contributed by atoms with E-state index in [2.05, 4.69) is 20.9 Å². The first-order chi connectivity index (χ1) is 4.61. The van der Waals surface area contributed by atoms with Gasteiger partial charge in [-0.25, -0.2) is 4.98 Å². The van der Waals surface area contributed by atoms with E-state index in [4.69, 9.17) is 5.73 Å². The van der Waals surface area contributed by atoms with Crippen LogP contribution in [0.2, 0.25) is 0 Å². The minimum absolute atomic E-state index is 0.595. The topological polar surface area (TPSA) is 38.9 Å². The normalized spacial score (nSPS) is 9.90. The molecule has 0 bridgehead atoms. The van der Waals surface area contributed by atoms with Gasteiger partial charge in [0.25, 0.3) is 0 Å². The number of rotatable bonds is 0. The predicted molar refractivity (Wildman–Crippen MR) is 45.8 cm³/mol. The second-order valence-corrected chi connectivity index (χ2v) is 3.05. The van der Waals surface area contributed by atoms with Crippen LogP contribution < -0.4 is 5.73 Å². The maximum Gasteiger partial charge on any atom is 0.127 e. The third-order valence-corrected chi connectivity index (χ3v) is 2.18. The molecule has 54 valence electrons. The highest BCUT2D eigenvalue weighted by Crippen LogP contribution is 2.17. The second kappa shape index (κ2) is 2.58. The van der Waals surface area contributed by atoms with E-state index in [0.717, 1.165) is 15.7 Å². The number of nitrogens with zero attached hydrogens (tertiary/aromatic N) is 1. The fourth-order valence-electron chi connectivity index (χ4n) is 0.740. The Labute approximate surface area is 68.6 Å².